The first kappa shape index (κ1) is 63.5. The summed E-state index contributed by atoms with van der Waals surface area (Å²) in [6.45, 7) is 111. The van der Waals surface area contributed by atoms with Crippen LogP contribution in [0.3, 0.4) is 0 Å². The summed E-state index contributed by atoms with van der Waals surface area (Å²) >= 11 is 0. The molecule has 0 saturated heterocycles. The molecule has 0 N–H and O–H groups in total. The average molecular weight is 661 g/mol. The van der Waals surface area contributed by atoms with E-state index >= 15 is 0 Å². The van der Waals surface area contributed by atoms with Crippen LogP contribution in [0.1, 0.15) is 6.92 Å². The molecule has 0 rings (SSSR count). The van der Waals surface area contributed by atoms with E-state index in [0.717, 1.165) is 0 Å². The van der Waals surface area contributed by atoms with Crippen LogP contribution in [-0.4, -0.2) is 389 Å². The molecule has 0 aromatic rings. The van der Waals surface area contributed by atoms with Crippen LogP contribution >= 0.6 is 0 Å². The van der Waals surface area contributed by atoms with E-state index in [1.54, 1.807) is 13.7 Å². The van der Waals surface area contributed by atoms with E-state index in [4.69, 9.17) is 12.4 Å². The van der Waals surface area contributed by atoms with Gasteiger partial charge >= 0.3 is 401 Å². The van der Waals surface area contributed by atoms with Gasteiger partial charge < -0.3 is 0 Å². The van der Waals surface area contributed by atoms with Crippen LogP contribution < -0.4 is 0 Å². The number of rotatable bonds is 29. The molecule has 1 nitrogen and oxygen atoms in total. The van der Waals surface area contributed by atoms with Crippen molar-refractivity contribution < 1.29 is 4.65 Å². The molecule has 0 unspecified atom stereocenters. The zero-order chi connectivity index (χ0) is 43.0. The van der Waals surface area contributed by atoms with Crippen LogP contribution in [0.25, 0.3) is 0 Å². The van der Waals surface area contributed by atoms with Gasteiger partial charge in [-0.1, -0.05) is 0 Å². The van der Waals surface area contributed by atoms with Gasteiger partial charge in [-0.2, -0.15) is 0 Å². The molecule has 60 heavy (non-hydrogen) atoms. The molecule has 58 heteroatoms. The van der Waals surface area contributed by atoms with Gasteiger partial charge in [-0.15, -0.1) is 0 Å². The molecule has 0 spiro atoms. The van der Waals surface area contributed by atoms with Gasteiger partial charge in [-0.25, -0.2) is 0 Å². The summed E-state index contributed by atoms with van der Waals surface area (Å²) < 4.78 is 5.11. The molecule has 2 radical (unpaired) electrons. The predicted octanol–water partition coefficient (Wildman–Crippen LogP) is -21.2. The van der Waals surface area contributed by atoms with Gasteiger partial charge in [-0.05, 0) is 0 Å². The van der Waals surface area contributed by atoms with Gasteiger partial charge in [0.05, 0.1) is 0 Å². The van der Waals surface area contributed by atoms with Gasteiger partial charge in [0.2, 0.25) is 0 Å². The van der Waals surface area contributed by atoms with Crippen LogP contribution in [0.4, 0.5) is 0 Å². The normalized spacial score (nSPS) is 7.88. The molecule has 0 aliphatic carbocycles. The number of hydrogen-bond donors (Lipinski definition) is 0. The molecular formula is C2H5B57O. The van der Waals surface area contributed by atoms with Crippen molar-refractivity contribution in [2.45, 2.75) is 6.92 Å². The Morgan fingerprint density at radius 2 is 0.317 bits per heavy atom. The van der Waals surface area contributed by atoms with Crippen molar-refractivity contribution >= 4 is 383 Å². The molecule has 0 aliphatic rings. The minimum absolute atomic E-state index is 0.685. The quantitative estimate of drug-likeness (QED) is 0.0725. The Morgan fingerprint density at radius 3 is 0.433 bits per heavy atom. The summed E-state index contributed by atoms with van der Waals surface area (Å²) in [6.07, 6.45) is 0. The monoisotopic (exact) mass is 673 g/mol. The molecule has 0 aromatic heterocycles. The first-order valence-corrected chi connectivity index (χ1v) is 19.9. The summed E-state index contributed by atoms with van der Waals surface area (Å²) in [5, 5.41) is 0. The summed E-state index contributed by atoms with van der Waals surface area (Å²) in [5.74, 6) is 0. The van der Waals surface area contributed by atoms with Crippen molar-refractivity contribution in [1.29, 1.82) is 0 Å². The van der Waals surface area contributed by atoms with E-state index in [9.17, 15) is 0 Å². The van der Waals surface area contributed by atoms with E-state index in [1.165, 1.54) is 6.69 Å². The Morgan fingerprint density at radius 1 is 0.200 bits per heavy atom. The second kappa shape index (κ2) is 62.5. The van der Waals surface area contributed by atoms with Crippen LogP contribution in [0, 0.1) is 0 Å². The minimum atomic E-state index is 0.685. The Kier molecular flexibility index (Phi) is 66.1. The van der Waals surface area contributed by atoms with Crippen molar-refractivity contribution in [3.63, 3.8) is 0 Å². The second-order valence-electron chi connectivity index (χ2n) is 11.2. The van der Waals surface area contributed by atoms with E-state index < -0.39 is 0 Å². The topological polar surface area (TPSA) is 9.23 Å². The van der Waals surface area contributed by atoms with Gasteiger partial charge in [-0.3, -0.25) is 0 Å². The molecule has 0 bridgehead atoms. The first-order valence-electron chi connectivity index (χ1n) is 19.9. The van der Waals surface area contributed by atoms with Crippen molar-refractivity contribution in [2.75, 3.05) is 6.61 Å². The van der Waals surface area contributed by atoms with Crippen molar-refractivity contribution in [3.8, 4) is 0 Å². The fraction of sp³-hybridized carbons (Fsp3) is 1.00. The maximum absolute atomic E-state index is 5.26. The Hall–Kier alpha value is 3.50. The molecular weight excluding hydrogens is 656 g/mol. The number of hydrogen-bond acceptors (Lipinski definition) is 1. The predicted molar refractivity (Wildman–Crippen MR) is 340 cm³/mol. The standard InChI is InChI=1S/C2H5B57O/c1-2-60-59-58-57-56-55-54-53-52-51-50-49-48-47-46-45-44-43-42-41-40-39-38-37-36-35-34-33-32-31-30-29-28-27-26-25-24-23-22-21-20-19-18-17-16-15-14-13-12-11-10-9-8-7-6-5-4-3/h2H2,1H3. The van der Waals surface area contributed by atoms with E-state index in [2.05, 4.69) is 0 Å². The van der Waals surface area contributed by atoms with Crippen molar-refractivity contribution in [2.24, 2.45) is 0 Å². The first-order chi connectivity index (χ1) is 29.9. The van der Waals surface area contributed by atoms with Gasteiger partial charge in [0.1, 0.15) is 0 Å². The van der Waals surface area contributed by atoms with Crippen LogP contribution in [0.2, 0.25) is 0 Å². The second-order valence-corrected chi connectivity index (χ2v) is 11.2. The summed E-state index contributed by atoms with van der Waals surface area (Å²) in [7, 11) is 6.94. The molecule has 0 heterocycles. The van der Waals surface area contributed by atoms with Gasteiger partial charge in [0.15, 0.2) is 0 Å². The van der Waals surface area contributed by atoms with E-state index in [-0.39, 0.29) is 0 Å². The van der Waals surface area contributed by atoms with Gasteiger partial charge in [0.25, 0.3) is 0 Å². The van der Waals surface area contributed by atoms with Crippen LogP contribution in [0.15, 0.2) is 0 Å². The zero-order valence-corrected chi connectivity index (χ0v) is 35.0. The third kappa shape index (κ3) is 61.5. The van der Waals surface area contributed by atoms with E-state index in [0.29, 0.717) is 6.61 Å². The third-order valence-electron chi connectivity index (χ3n) is 6.34. The Bertz CT molecular complexity index is 1940. The average Bonchev–Trinajstić information content (AvgIpc) is 3.26. The van der Waals surface area contributed by atoms with Gasteiger partial charge in [0, 0.05) is 0 Å². The Labute approximate surface area is 397 Å². The van der Waals surface area contributed by atoms with Crippen LogP contribution in [-0.2, 0) is 4.65 Å². The van der Waals surface area contributed by atoms with Crippen LogP contribution in [0.5, 0.6) is 0 Å². The third-order valence-corrected chi connectivity index (χ3v) is 6.34. The molecule has 190 valence electrons. The summed E-state index contributed by atoms with van der Waals surface area (Å²) in [6, 6.07) is 0. The summed E-state index contributed by atoms with van der Waals surface area (Å²) in [4.78, 5) is 0. The zero-order valence-electron chi connectivity index (χ0n) is 35.0. The SMILES string of the molecule is [B]B=BB=BB=BB=BB=BB=BB=BB=BB=BB=BB=BB=BB=BB=BB=BB=BB=BB=BB=BB=BB=BB=BB=BB=BB=BB=BB=BB=BOCC. The van der Waals surface area contributed by atoms with Crippen molar-refractivity contribution in [3.05, 3.63) is 0 Å². The fourth-order valence-electron chi connectivity index (χ4n) is 3.60. The molecule has 0 amide bonds. The molecule has 0 aliphatic heterocycles. The summed E-state index contributed by atoms with van der Waals surface area (Å²) in [5.41, 5.74) is 0. The Balaban J connectivity index is 4.07. The molecule has 0 saturated carbocycles. The molecule has 0 fully saturated rings. The fourth-order valence-corrected chi connectivity index (χ4v) is 3.60. The maximum atomic E-state index is 5.26. The van der Waals surface area contributed by atoms with E-state index in [1.807, 2.05) is 362 Å². The molecule has 0 aromatic carbocycles. The molecule has 0 atom stereocenters. The van der Waals surface area contributed by atoms with Crippen molar-refractivity contribution in [1.82, 2.24) is 0 Å².